The number of aryl methyl sites for hydroxylation is 1. The Labute approximate surface area is 119 Å². The highest BCUT2D eigenvalue weighted by molar-refractivity contribution is 7.99. The highest BCUT2D eigenvalue weighted by atomic mass is 32.2. The van der Waals surface area contributed by atoms with Crippen LogP contribution in [0.3, 0.4) is 0 Å². The van der Waals surface area contributed by atoms with Crippen LogP contribution < -0.4 is 10.1 Å². The van der Waals surface area contributed by atoms with Crippen LogP contribution >= 0.6 is 11.8 Å². The van der Waals surface area contributed by atoms with E-state index >= 15 is 0 Å². The molecule has 1 aromatic rings. The van der Waals surface area contributed by atoms with Crippen molar-refractivity contribution in [3.05, 3.63) is 29.3 Å². The lowest BCUT2D eigenvalue weighted by atomic mass is 10.0. The second-order valence-electron chi connectivity index (χ2n) is 4.46. The smallest absolute Gasteiger partial charge is 0.123 e. The Morgan fingerprint density at radius 3 is 2.68 bits per heavy atom. The van der Waals surface area contributed by atoms with Gasteiger partial charge in [-0.15, -0.1) is 0 Å². The first-order valence-corrected chi connectivity index (χ1v) is 7.46. The van der Waals surface area contributed by atoms with Gasteiger partial charge in [-0.3, -0.25) is 0 Å². The molecule has 4 nitrogen and oxygen atoms in total. The Morgan fingerprint density at radius 2 is 2.11 bits per heavy atom. The fraction of sp³-hybridized carbons (Fsp3) is 0.571. The molecule has 0 bridgehead atoms. The zero-order valence-corrected chi connectivity index (χ0v) is 12.5. The summed E-state index contributed by atoms with van der Waals surface area (Å²) in [4.78, 5) is 0. The first kappa shape index (κ1) is 16.3. The minimum absolute atomic E-state index is 0.158. The average molecular weight is 285 g/mol. The van der Waals surface area contributed by atoms with Crippen molar-refractivity contribution in [3.8, 4) is 5.75 Å². The first-order chi connectivity index (χ1) is 9.12. The molecule has 19 heavy (non-hydrogen) atoms. The summed E-state index contributed by atoms with van der Waals surface area (Å²) < 4.78 is 5.39. The van der Waals surface area contributed by atoms with Gasteiger partial charge in [-0.05, 0) is 20.0 Å². The minimum atomic E-state index is -0.651. The second-order valence-corrected chi connectivity index (χ2v) is 5.54. The van der Waals surface area contributed by atoms with Gasteiger partial charge in [0.1, 0.15) is 5.75 Å². The van der Waals surface area contributed by atoms with Gasteiger partial charge in [0.25, 0.3) is 0 Å². The van der Waals surface area contributed by atoms with Crippen LogP contribution in [0, 0.1) is 6.92 Å². The van der Waals surface area contributed by atoms with Crippen LogP contribution in [0.4, 0.5) is 0 Å². The molecular weight excluding hydrogens is 262 g/mol. The monoisotopic (exact) mass is 285 g/mol. The maximum Gasteiger partial charge on any atom is 0.123 e. The van der Waals surface area contributed by atoms with Crippen molar-refractivity contribution in [1.82, 2.24) is 5.32 Å². The maximum atomic E-state index is 9.34. The summed E-state index contributed by atoms with van der Waals surface area (Å²) >= 11 is 1.61. The maximum absolute atomic E-state index is 9.34. The molecule has 0 saturated carbocycles. The summed E-state index contributed by atoms with van der Waals surface area (Å²) in [6, 6.07) is 6.27. The summed E-state index contributed by atoms with van der Waals surface area (Å²) in [6.45, 7) is 1.86. The number of thioether (sulfide) groups is 1. The molecule has 108 valence electrons. The van der Waals surface area contributed by atoms with Crippen molar-refractivity contribution < 1.29 is 14.9 Å². The number of nitrogens with one attached hydrogen (secondary N) is 1. The van der Waals surface area contributed by atoms with Gasteiger partial charge in [0.15, 0.2) is 0 Å². The molecule has 0 fully saturated rings. The number of benzene rings is 1. The van der Waals surface area contributed by atoms with Crippen molar-refractivity contribution >= 4 is 11.8 Å². The van der Waals surface area contributed by atoms with Gasteiger partial charge < -0.3 is 20.3 Å². The van der Waals surface area contributed by atoms with Crippen molar-refractivity contribution in [1.29, 1.82) is 0 Å². The van der Waals surface area contributed by atoms with E-state index in [4.69, 9.17) is 9.84 Å². The predicted molar refractivity (Wildman–Crippen MR) is 79.9 cm³/mol. The number of aliphatic hydroxyl groups is 2. The Hall–Kier alpha value is -0.750. The van der Waals surface area contributed by atoms with Crippen molar-refractivity contribution in [2.45, 2.75) is 19.1 Å². The second kappa shape index (κ2) is 8.43. The molecule has 0 aliphatic heterocycles. The van der Waals surface area contributed by atoms with Crippen LogP contribution in [-0.4, -0.2) is 48.6 Å². The molecule has 0 aliphatic rings. The van der Waals surface area contributed by atoms with Gasteiger partial charge in [-0.2, -0.15) is 11.8 Å². The van der Waals surface area contributed by atoms with Gasteiger partial charge in [0.05, 0.1) is 19.8 Å². The molecule has 0 heterocycles. The molecule has 0 radical (unpaired) electrons. The molecule has 2 atom stereocenters. The zero-order chi connectivity index (χ0) is 14.3. The van der Waals surface area contributed by atoms with Gasteiger partial charge in [-0.25, -0.2) is 0 Å². The molecule has 1 aromatic carbocycles. The number of aliphatic hydroxyl groups excluding tert-OH is 2. The van der Waals surface area contributed by atoms with E-state index in [2.05, 4.69) is 18.3 Å². The lowest BCUT2D eigenvalue weighted by Gasteiger charge is -2.20. The summed E-state index contributed by atoms with van der Waals surface area (Å²) in [5.41, 5.74) is 2.31. The molecule has 0 saturated heterocycles. The van der Waals surface area contributed by atoms with E-state index in [-0.39, 0.29) is 12.6 Å². The normalized spacial score (nSPS) is 14.2. The Morgan fingerprint density at radius 1 is 1.37 bits per heavy atom. The number of ether oxygens (including phenoxy) is 1. The third-order valence-electron chi connectivity index (χ3n) is 2.91. The lowest BCUT2D eigenvalue weighted by molar-refractivity contribution is 0.113. The first-order valence-electron chi connectivity index (χ1n) is 6.30. The third kappa shape index (κ3) is 5.03. The van der Waals surface area contributed by atoms with Crippen LogP contribution in [0.2, 0.25) is 0 Å². The molecule has 5 heteroatoms. The average Bonchev–Trinajstić information content (AvgIpc) is 2.43. The van der Waals surface area contributed by atoms with Crippen LogP contribution in [-0.2, 0) is 0 Å². The summed E-state index contributed by atoms with van der Waals surface area (Å²) in [5, 5.41) is 21.4. The summed E-state index contributed by atoms with van der Waals surface area (Å²) in [5.74, 6) is 2.21. The predicted octanol–water partition coefficient (Wildman–Crippen LogP) is 1.35. The molecule has 0 aliphatic carbocycles. The standard InChI is InChI=1S/C14H23NO3S/c1-10-4-5-14(18-3)12(6-10)13(15-2)9-19-8-11(17)7-16/h4-6,11,13,15-17H,7-9H2,1-3H3. The van der Waals surface area contributed by atoms with Crippen LogP contribution in [0.25, 0.3) is 0 Å². The molecular formula is C14H23NO3S. The SMILES string of the molecule is CNC(CSCC(O)CO)c1cc(C)ccc1OC. The largest absolute Gasteiger partial charge is 0.496 e. The van der Waals surface area contributed by atoms with Gasteiger partial charge >= 0.3 is 0 Å². The van der Waals surface area contributed by atoms with Crippen LogP contribution in [0.5, 0.6) is 5.75 Å². The highest BCUT2D eigenvalue weighted by Crippen LogP contribution is 2.28. The lowest BCUT2D eigenvalue weighted by Crippen LogP contribution is -2.22. The number of hydrogen-bond donors (Lipinski definition) is 3. The van der Waals surface area contributed by atoms with Gasteiger partial charge in [0.2, 0.25) is 0 Å². The topological polar surface area (TPSA) is 61.7 Å². The van der Waals surface area contributed by atoms with E-state index in [9.17, 15) is 5.11 Å². The molecule has 1 rings (SSSR count). The number of hydrogen-bond acceptors (Lipinski definition) is 5. The molecule has 0 aromatic heterocycles. The van der Waals surface area contributed by atoms with E-state index in [0.717, 1.165) is 17.1 Å². The Bertz CT molecular complexity index is 387. The Balaban J connectivity index is 2.71. The van der Waals surface area contributed by atoms with Gasteiger partial charge in [0, 0.05) is 23.1 Å². The Kier molecular flexibility index (Phi) is 7.23. The molecule has 3 N–H and O–H groups in total. The van der Waals surface area contributed by atoms with E-state index < -0.39 is 6.10 Å². The molecule has 0 spiro atoms. The van der Waals surface area contributed by atoms with E-state index in [0.29, 0.717) is 5.75 Å². The number of rotatable bonds is 8. The molecule has 0 amide bonds. The van der Waals surface area contributed by atoms with Crippen LogP contribution in [0.1, 0.15) is 17.2 Å². The quantitative estimate of drug-likeness (QED) is 0.673. The van der Waals surface area contributed by atoms with E-state index in [1.165, 1.54) is 5.56 Å². The molecule has 2 unspecified atom stereocenters. The van der Waals surface area contributed by atoms with E-state index in [1.54, 1.807) is 18.9 Å². The van der Waals surface area contributed by atoms with E-state index in [1.807, 2.05) is 19.2 Å². The summed E-state index contributed by atoms with van der Waals surface area (Å²) in [6.07, 6.45) is -0.651. The van der Waals surface area contributed by atoms with Gasteiger partial charge in [-0.1, -0.05) is 17.7 Å². The van der Waals surface area contributed by atoms with Crippen molar-refractivity contribution in [2.75, 3.05) is 32.3 Å². The fourth-order valence-corrected chi connectivity index (χ4v) is 2.92. The third-order valence-corrected chi connectivity index (χ3v) is 4.10. The zero-order valence-electron chi connectivity index (χ0n) is 11.7. The minimum Gasteiger partial charge on any atom is -0.496 e. The van der Waals surface area contributed by atoms with Crippen molar-refractivity contribution in [2.24, 2.45) is 0 Å². The number of methoxy groups -OCH3 is 1. The highest BCUT2D eigenvalue weighted by Gasteiger charge is 2.15. The fourth-order valence-electron chi connectivity index (χ4n) is 1.83. The van der Waals surface area contributed by atoms with Crippen LogP contribution in [0.15, 0.2) is 18.2 Å². The summed E-state index contributed by atoms with van der Waals surface area (Å²) in [7, 11) is 3.58. The van der Waals surface area contributed by atoms with Crippen molar-refractivity contribution in [3.63, 3.8) is 0 Å².